The standard InChI is InChI=1S/C14H17N5O/c1-10(19-9-16-8-18-19)14(20)17-5-11-2-3-12-6-15-7-13(12)4-11/h2-4,8-10,15H,5-7H2,1H3,(H,17,20). The van der Waals surface area contributed by atoms with Gasteiger partial charge in [-0.15, -0.1) is 0 Å². The van der Waals surface area contributed by atoms with Crippen LogP contribution >= 0.6 is 0 Å². The summed E-state index contributed by atoms with van der Waals surface area (Å²) in [7, 11) is 0. The molecule has 3 rings (SSSR count). The van der Waals surface area contributed by atoms with E-state index in [4.69, 9.17) is 0 Å². The van der Waals surface area contributed by atoms with E-state index in [9.17, 15) is 4.79 Å². The Morgan fingerprint density at radius 1 is 1.45 bits per heavy atom. The van der Waals surface area contributed by atoms with Gasteiger partial charge in [-0.3, -0.25) is 4.79 Å². The molecule has 0 aliphatic carbocycles. The van der Waals surface area contributed by atoms with Crippen LogP contribution in [0.25, 0.3) is 0 Å². The van der Waals surface area contributed by atoms with Crippen LogP contribution in [0.5, 0.6) is 0 Å². The van der Waals surface area contributed by atoms with Crippen LogP contribution < -0.4 is 10.6 Å². The van der Waals surface area contributed by atoms with E-state index >= 15 is 0 Å². The lowest BCUT2D eigenvalue weighted by Crippen LogP contribution is -2.30. The van der Waals surface area contributed by atoms with Crippen LogP contribution in [0.3, 0.4) is 0 Å². The summed E-state index contributed by atoms with van der Waals surface area (Å²) in [4.78, 5) is 15.9. The van der Waals surface area contributed by atoms with Crippen LogP contribution in [0, 0.1) is 0 Å². The van der Waals surface area contributed by atoms with Gasteiger partial charge in [0.25, 0.3) is 0 Å². The first kappa shape index (κ1) is 12.8. The van der Waals surface area contributed by atoms with Crippen LogP contribution in [0.15, 0.2) is 30.9 Å². The number of nitrogens with zero attached hydrogens (tertiary/aromatic N) is 3. The van der Waals surface area contributed by atoms with Crippen LogP contribution in [-0.4, -0.2) is 20.7 Å². The van der Waals surface area contributed by atoms with Crippen molar-refractivity contribution >= 4 is 5.91 Å². The Morgan fingerprint density at radius 2 is 2.30 bits per heavy atom. The zero-order valence-corrected chi connectivity index (χ0v) is 11.3. The van der Waals surface area contributed by atoms with Crippen molar-refractivity contribution < 1.29 is 4.79 Å². The molecular weight excluding hydrogens is 254 g/mol. The van der Waals surface area contributed by atoms with Crippen molar-refractivity contribution in [2.45, 2.75) is 32.6 Å². The summed E-state index contributed by atoms with van der Waals surface area (Å²) in [6.07, 6.45) is 2.97. The number of fused-ring (bicyclic) bond motifs is 1. The highest BCUT2D eigenvalue weighted by molar-refractivity contribution is 5.79. The molecule has 6 heteroatoms. The molecule has 2 N–H and O–H groups in total. The highest BCUT2D eigenvalue weighted by Gasteiger charge is 2.15. The number of carbonyl (C=O) groups is 1. The third-order valence-corrected chi connectivity index (χ3v) is 3.58. The van der Waals surface area contributed by atoms with Gasteiger partial charge in [-0.05, 0) is 23.6 Å². The van der Waals surface area contributed by atoms with Crippen LogP contribution in [0.2, 0.25) is 0 Å². The average molecular weight is 271 g/mol. The SMILES string of the molecule is CC(C(=O)NCc1ccc2c(c1)CNC2)n1cncn1. The molecule has 1 aliphatic rings. The molecule has 1 aromatic carbocycles. The zero-order chi connectivity index (χ0) is 13.9. The van der Waals surface area contributed by atoms with Gasteiger partial charge in [-0.1, -0.05) is 18.2 Å². The summed E-state index contributed by atoms with van der Waals surface area (Å²) in [6, 6.07) is 5.98. The Labute approximate surface area is 117 Å². The smallest absolute Gasteiger partial charge is 0.244 e. The molecule has 1 atom stereocenters. The van der Waals surface area contributed by atoms with Gasteiger partial charge in [-0.2, -0.15) is 5.10 Å². The molecule has 20 heavy (non-hydrogen) atoms. The summed E-state index contributed by atoms with van der Waals surface area (Å²) < 4.78 is 1.54. The minimum atomic E-state index is -0.353. The predicted molar refractivity (Wildman–Crippen MR) is 73.6 cm³/mol. The second-order valence-corrected chi connectivity index (χ2v) is 4.98. The van der Waals surface area contributed by atoms with Gasteiger partial charge >= 0.3 is 0 Å². The number of nitrogens with one attached hydrogen (secondary N) is 2. The van der Waals surface area contributed by atoms with Crippen LogP contribution in [0.1, 0.15) is 29.7 Å². The number of amides is 1. The maximum absolute atomic E-state index is 12.0. The van der Waals surface area contributed by atoms with E-state index in [1.54, 1.807) is 17.9 Å². The number of carbonyl (C=O) groups excluding carboxylic acids is 1. The van der Waals surface area contributed by atoms with Crippen molar-refractivity contribution in [3.63, 3.8) is 0 Å². The number of hydrogen-bond acceptors (Lipinski definition) is 4. The zero-order valence-electron chi connectivity index (χ0n) is 11.3. The van der Waals surface area contributed by atoms with Gasteiger partial charge in [0.15, 0.2) is 0 Å². The topological polar surface area (TPSA) is 71.8 Å². The van der Waals surface area contributed by atoms with E-state index in [0.717, 1.165) is 18.7 Å². The van der Waals surface area contributed by atoms with Crippen molar-refractivity contribution in [1.82, 2.24) is 25.4 Å². The second-order valence-electron chi connectivity index (χ2n) is 4.98. The Balaban J connectivity index is 1.60. The molecule has 1 aromatic heterocycles. The average Bonchev–Trinajstić information content (AvgIpc) is 3.13. The molecule has 2 aromatic rings. The highest BCUT2D eigenvalue weighted by Crippen LogP contribution is 2.17. The van der Waals surface area contributed by atoms with Crippen LogP contribution in [-0.2, 0) is 24.4 Å². The largest absolute Gasteiger partial charge is 0.350 e. The highest BCUT2D eigenvalue weighted by atomic mass is 16.2. The van der Waals surface area contributed by atoms with Gasteiger partial charge < -0.3 is 10.6 Å². The Kier molecular flexibility index (Phi) is 3.47. The van der Waals surface area contributed by atoms with E-state index in [1.165, 1.54) is 17.5 Å². The summed E-state index contributed by atoms with van der Waals surface area (Å²) in [5.41, 5.74) is 3.78. The van der Waals surface area contributed by atoms with Crippen molar-refractivity contribution in [2.75, 3.05) is 0 Å². The minimum Gasteiger partial charge on any atom is -0.350 e. The lowest BCUT2D eigenvalue weighted by atomic mass is 10.1. The lowest BCUT2D eigenvalue weighted by molar-refractivity contribution is -0.124. The molecule has 0 radical (unpaired) electrons. The summed E-state index contributed by atoms with van der Waals surface area (Å²) in [5, 5.41) is 10.2. The Morgan fingerprint density at radius 3 is 3.10 bits per heavy atom. The summed E-state index contributed by atoms with van der Waals surface area (Å²) >= 11 is 0. The first-order valence-corrected chi connectivity index (χ1v) is 6.67. The maximum Gasteiger partial charge on any atom is 0.244 e. The second kappa shape index (κ2) is 5.42. The van der Waals surface area contributed by atoms with E-state index < -0.39 is 0 Å². The maximum atomic E-state index is 12.0. The van der Waals surface area contributed by atoms with E-state index in [-0.39, 0.29) is 11.9 Å². The first-order chi connectivity index (χ1) is 9.74. The molecule has 0 spiro atoms. The van der Waals surface area contributed by atoms with Gasteiger partial charge in [0.05, 0.1) is 0 Å². The third kappa shape index (κ3) is 2.55. The number of aromatic nitrogens is 3. The molecular formula is C14H17N5O. The molecule has 2 heterocycles. The molecule has 1 amide bonds. The van der Waals surface area contributed by atoms with Crippen molar-refractivity contribution in [3.8, 4) is 0 Å². The molecule has 6 nitrogen and oxygen atoms in total. The van der Waals surface area contributed by atoms with Gasteiger partial charge in [-0.25, -0.2) is 9.67 Å². The van der Waals surface area contributed by atoms with E-state index in [2.05, 4.69) is 38.9 Å². The molecule has 1 aliphatic heterocycles. The van der Waals surface area contributed by atoms with Crippen molar-refractivity contribution in [2.24, 2.45) is 0 Å². The monoisotopic (exact) mass is 271 g/mol. The fraction of sp³-hybridized carbons (Fsp3) is 0.357. The molecule has 0 saturated carbocycles. The van der Waals surface area contributed by atoms with Crippen molar-refractivity contribution in [3.05, 3.63) is 47.5 Å². The number of hydrogen-bond donors (Lipinski definition) is 2. The van der Waals surface area contributed by atoms with Crippen LogP contribution in [0.4, 0.5) is 0 Å². The third-order valence-electron chi connectivity index (χ3n) is 3.58. The Hall–Kier alpha value is -2.21. The normalized spacial score (nSPS) is 14.8. The quantitative estimate of drug-likeness (QED) is 0.861. The van der Waals surface area contributed by atoms with E-state index in [1.807, 2.05) is 0 Å². The van der Waals surface area contributed by atoms with Gasteiger partial charge in [0, 0.05) is 19.6 Å². The number of benzene rings is 1. The first-order valence-electron chi connectivity index (χ1n) is 6.67. The van der Waals surface area contributed by atoms with Gasteiger partial charge in [0.2, 0.25) is 5.91 Å². The predicted octanol–water partition coefficient (Wildman–Crippen LogP) is 0.759. The van der Waals surface area contributed by atoms with E-state index in [0.29, 0.717) is 6.54 Å². The molecule has 0 bridgehead atoms. The molecule has 1 unspecified atom stereocenters. The summed E-state index contributed by atoms with van der Waals surface area (Å²) in [5.74, 6) is -0.0610. The minimum absolute atomic E-state index is 0.0610. The molecule has 0 saturated heterocycles. The molecule has 0 fully saturated rings. The number of rotatable bonds is 4. The lowest BCUT2D eigenvalue weighted by Gasteiger charge is -2.12. The fourth-order valence-electron chi connectivity index (χ4n) is 2.33. The summed E-state index contributed by atoms with van der Waals surface area (Å²) in [6.45, 7) is 4.18. The Bertz CT molecular complexity index is 608. The molecule has 104 valence electrons. The van der Waals surface area contributed by atoms with Gasteiger partial charge in [0.1, 0.15) is 18.7 Å². The van der Waals surface area contributed by atoms with Crippen molar-refractivity contribution in [1.29, 1.82) is 0 Å². The fourth-order valence-corrected chi connectivity index (χ4v) is 2.33.